The van der Waals surface area contributed by atoms with Crippen molar-refractivity contribution in [2.24, 2.45) is 17.8 Å². The minimum absolute atomic E-state index is 0.100. The van der Waals surface area contributed by atoms with E-state index in [1.165, 1.54) is 15.0 Å². The Hall–Kier alpha value is -6.13. The molecule has 4 aromatic carbocycles. The van der Waals surface area contributed by atoms with E-state index < -0.39 is 35.5 Å². The molecule has 6 aromatic rings. The van der Waals surface area contributed by atoms with Crippen molar-refractivity contribution < 1.29 is 24.6 Å². The highest BCUT2D eigenvalue weighted by atomic mass is 32.2. The number of fused-ring (bicyclic) bond motifs is 3. The summed E-state index contributed by atoms with van der Waals surface area (Å²) >= 11 is 8.81. The lowest BCUT2D eigenvalue weighted by molar-refractivity contribution is -0.141. The minimum atomic E-state index is -1.25. The second kappa shape index (κ2) is 20.1. The summed E-state index contributed by atoms with van der Waals surface area (Å²) in [6.07, 6.45) is 7.45. The minimum Gasteiger partial charge on any atom is -0.481 e. The Balaban J connectivity index is 1.12. The Morgan fingerprint density at radius 1 is 0.783 bits per heavy atom. The SMILES string of the molecule is CC(C)CN1C(=O)/C(=c2\s/c(=c3/s/c(=C\c4ccc5c(c4)C4CCCC4N5c4ccc(C=C(c5ccccc5)c5ccccc5)cc4)c(=O)n3CC(=O)O)c(=O)n2CC(C)CC(C)C(=O)O)SC1=S. The van der Waals surface area contributed by atoms with Gasteiger partial charge in [-0.25, -0.2) is 0 Å². The van der Waals surface area contributed by atoms with Crippen molar-refractivity contribution in [1.29, 1.82) is 0 Å². The number of nitrogens with zero attached hydrogens (tertiary/aromatic N) is 4. The second-order valence-corrected chi connectivity index (χ2v) is 22.3. The van der Waals surface area contributed by atoms with Gasteiger partial charge >= 0.3 is 11.9 Å². The molecule has 2 fully saturated rings. The predicted molar refractivity (Wildman–Crippen MR) is 281 cm³/mol. The Bertz CT molecular complexity index is 3330. The van der Waals surface area contributed by atoms with Crippen LogP contribution in [0.1, 0.15) is 87.1 Å². The molecular weight excluding hydrogens is 945 g/mol. The lowest BCUT2D eigenvalue weighted by atomic mass is 9.95. The lowest BCUT2D eigenvalue weighted by Gasteiger charge is -2.27. The van der Waals surface area contributed by atoms with Crippen LogP contribution in [-0.2, 0) is 27.5 Å². The maximum Gasteiger partial charge on any atom is 0.323 e. The number of carbonyl (C=O) groups is 3. The summed E-state index contributed by atoms with van der Waals surface area (Å²) in [6, 6.07) is 36.1. The zero-order valence-electron chi connectivity index (χ0n) is 38.7. The molecule has 0 radical (unpaired) electrons. The van der Waals surface area contributed by atoms with E-state index in [4.69, 9.17) is 12.2 Å². The summed E-state index contributed by atoms with van der Waals surface area (Å²) in [5, 5.41) is 19.7. The average Bonchev–Trinajstić information content (AvgIpc) is 4.13. The normalized spacial score (nSPS) is 19.0. The van der Waals surface area contributed by atoms with Crippen molar-refractivity contribution in [3.8, 4) is 0 Å². The fourth-order valence-corrected chi connectivity index (χ4v) is 13.7. The number of thiazole rings is 2. The van der Waals surface area contributed by atoms with Gasteiger partial charge in [-0.15, -0.1) is 22.7 Å². The number of rotatable bonds is 14. The highest BCUT2D eigenvalue weighted by molar-refractivity contribution is 8.30. The topological polar surface area (TPSA) is 142 Å². The van der Waals surface area contributed by atoms with E-state index in [1.54, 1.807) is 13.0 Å². The molecule has 9 rings (SSSR count). The molecule has 69 heavy (non-hydrogen) atoms. The smallest absolute Gasteiger partial charge is 0.323 e. The number of carboxylic acid groups (broad SMARTS) is 2. The molecule has 1 aliphatic carbocycles. The standard InChI is InChI=1S/C54H52N4O7S4/c1-31(2)28-57-50(63)47(69-54(57)66)52-55(29-32(3)24-33(4)53(64)65)49(62)46(68-52)51-56(30-45(59)60)48(61)44(67-51)27-35-20-23-43-41(26-35)39-16-11-17-42(39)58(43)38-21-18-34(19-22-38)25-40(36-12-7-5-8-13-36)37-14-9-6-10-15-37/h5-10,12-15,18-23,25-27,31-33,39,42H,11,16-17,24,28-30H2,1-4H3,(H,59,60)(H,64,65)/b44-27-,51-46+,52-47+. The molecule has 4 unspecified atom stereocenters. The molecule has 2 aromatic heterocycles. The maximum absolute atomic E-state index is 14.6. The number of hydrogen-bond donors (Lipinski definition) is 2. The third-order valence-corrected chi connectivity index (χ3v) is 17.0. The van der Waals surface area contributed by atoms with Crippen molar-refractivity contribution in [3.05, 3.63) is 170 Å². The van der Waals surface area contributed by atoms with Gasteiger partial charge in [-0.05, 0) is 101 Å². The molecule has 2 aliphatic heterocycles. The van der Waals surface area contributed by atoms with Crippen molar-refractivity contribution in [1.82, 2.24) is 14.0 Å². The van der Waals surface area contributed by atoms with Crippen LogP contribution in [0.5, 0.6) is 0 Å². The van der Waals surface area contributed by atoms with Crippen molar-refractivity contribution in [2.45, 2.75) is 78.4 Å². The summed E-state index contributed by atoms with van der Waals surface area (Å²) in [6.45, 7) is 7.23. The average molecular weight is 997 g/mol. The monoisotopic (exact) mass is 996 g/mol. The second-order valence-electron chi connectivity index (χ2n) is 18.6. The fourth-order valence-electron chi connectivity index (χ4n) is 9.91. The van der Waals surface area contributed by atoms with Gasteiger partial charge in [0.2, 0.25) is 0 Å². The van der Waals surface area contributed by atoms with Gasteiger partial charge < -0.3 is 15.1 Å². The van der Waals surface area contributed by atoms with E-state index in [1.807, 2.05) is 39.0 Å². The van der Waals surface area contributed by atoms with Crippen LogP contribution >= 0.6 is 46.7 Å². The molecular formula is C54H52N4O7S4. The number of carbonyl (C=O) groups excluding carboxylic acids is 1. The molecule has 4 heterocycles. The van der Waals surface area contributed by atoms with Crippen molar-refractivity contribution in [2.75, 3.05) is 11.4 Å². The molecule has 4 atom stereocenters. The fraction of sp³-hybridized carbons (Fsp3) is 0.296. The first-order valence-corrected chi connectivity index (χ1v) is 26.1. The predicted octanol–water partition coefficient (Wildman–Crippen LogP) is 9.08. The number of thiocarbonyl (C=S) groups is 1. The molecule has 1 saturated heterocycles. The molecule has 1 saturated carbocycles. The number of benzene rings is 4. The number of thioether (sulfide) groups is 1. The van der Waals surface area contributed by atoms with E-state index in [0.717, 1.165) is 97.5 Å². The summed E-state index contributed by atoms with van der Waals surface area (Å²) in [4.78, 5) is 71.2. The summed E-state index contributed by atoms with van der Waals surface area (Å²) < 4.78 is 3.87. The Kier molecular flexibility index (Phi) is 13.9. The Morgan fingerprint density at radius 2 is 1.45 bits per heavy atom. The van der Waals surface area contributed by atoms with Gasteiger partial charge in [0.15, 0.2) is 0 Å². The van der Waals surface area contributed by atoms with Crippen molar-refractivity contribution >= 4 is 103 Å². The largest absolute Gasteiger partial charge is 0.481 e. The number of aromatic nitrogens is 2. The van der Waals surface area contributed by atoms with Gasteiger partial charge in [0, 0.05) is 36.4 Å². The van der Waals surface area contributed by atoms with Crippen LogP contribution in [0.15, 0.2) is 113 Å². The third-order valence-electron chi connectivity index (χ3n) is 13.0. The third kappa shape index (κ3) is 9.74. The highest BCUT2D eigenvalue weighted by Crippen LogP contribution is 2.52. The molecule has 354 valence electrons. The lowest BCUT2D eigenvalue weighted by Crippen LogP contribution is -2.34. The summed E-state index contributed by atoms with van der Waals surface area (Å²) in [5.74, 6) is -3.07. The van der Waals surface area contributed by atoms with Crippen LogP contribution < -0.4 is 25.2 Å². The quantitative estimate of drug-likeness (QED) is 0.0802. The van der Waals surface area contributed by atoms with Crippen LogP contribution in [0.25, 0.3) is 22.6 Å². The van der Waals surface area contributed by atoms with Gasteiger partial charge in [-0.1, -0.05) is 137 Å². The zero-order valence-corrected chi connectivity index (χ0v) is 41.9. The van der Waals surface area contributed by atoms with Gasteiger partial charge in [-0.3, -0.25) is 38.0 Å². The molecule has 0 spiro atoms. The molecule has 0 bridgehead atoms. The molecule has 11 nitrogen and oxygen atoms in total. The van der Waals surface area contributed by atoms with Crippen LogP contribution in [0, 0.1) is 26.9 Å². The van der Waals surface area contributed by atoms with Crippen LogP contribution in [0.2, 0.25) is 0 Å². The van der Waals surface area contributed by atoms with E-state index in [0.29, 0.717) is 21.4 Å². The highest BCUT2D eigenvalue weighted by Gasteiger charge is 2.42. The maximum atomic E-state index is 14.6. The van der Waals surface area contributed by atoms with Gasteiger partial charge in [0.05, 0.1) is 10.5 Å². The van der Waals surface area contributed by atoms with Crippen molar-refractivity contribution in [3.63, 3.8) is 0 Å². The van der Waals surface area contributed by atoms with E-state index >= 15 is 0 Å². The van der Waals surface area contributed by atoms with E-state index in [-0.39, 0.29) is 55.4 Å². The number of amides is 1. The number of aliphatic carboxylic acids is 2. The van der Waals surface area contributed by atoms with Gasteiger partial charge in [0.25, 0.3) is 17.0 Å². The molecule has 2 N–H and O–H groups in total. The van der Waals surface area contributed by atoms with Crippen LogP contribution in [-0.4, -0.2) is 59.0 Å². The zero-order chi connectivity index (χ0) is 48.7. The van der Waals surface area contributed by atoms with E-state index in [9.17, 15) is 34.2 Å². The first-order chi connectivity index (χ1) is 33.2. The summed E-state index contributed by atoms with van der Waals surface area (Å²) in [7, 11) is 0. The number of carboxylic acids is 2. The van der Waals surface area contributed by atoms with Crippen LogP contribution in [0.3, 0.4) is 0 Å². The molecule has 1 amide bonds. The van der Waals surface area contributed by atoms with Gasteiger partial charge in [-0.2, -0.15) is 0 Å². The van der Waals surface area contributed by atoms with Gasteiger partial charge in [0.1, 0.15) is 29.6 Å². The first-order valence-electron chi connectivity index (χ1n) is 23.2. The van der Waals surface area contributed by atoms with E-state index in [2.05, 4.69) is 95.9 Å². The number of hydrogen-bond acceptors (Lipinski definition) is 10. The summed E-state index contributed by atoms with van der Waals surface area (Å²) in [5.41, 5.74) is 7.72. The molecule has 3 aliphatic rings. The van der Waals surface area contributed by atoms with Crippen LogP contribution in [0.4, 0.5) is 11.4 Å². The Labute approximate surface area is 416 Å². The number of anilines is 2. The first kappa shape index (κ1) is 47.9. The molecule has 15 heteroatoms. The Morgan fingerprint density at radius 3 is 2.09 bits per heavy atom.